The van der Waals surface area contributed by atoms with Gasteiger partial charge in [-0.05, 0) is 41.0 Å². The number of fused-ring (bicyclic) bond motifs is 5. The van der Waals surface area contributed by atoms with E-state index in [4.69, 9.17) is 0 Å². The van der Waals surface area contributed by atoms with Gasteiger partial charge in [-0.25, -0.2) is 0 Å². The monoisotopic (exact) mass is 353 g/mol. The van der Waals surface area contributed by atoms with Gasteiger partial charge in [0.2, 0.25) is 0 Å². The summed E-state index contributed by atoms with van der Waals surface area (Å²) in [4.78, 5) is 3.58. The van der Waals surface area contributed by atoms with Crippen LogP contribution in [0.1, 0.15) is 43.2 Å². The van der Waals surface area contributed by atoms with Crippen molar-refractivity contribution in [1.82, 2.24) is 4.98 Å². The third-order valence-corrected chi connectivity index (χ3v) is 5.00. The predicted octanol–water partition coefficient (Wildman–Crippen LogP) is 8.13. The van der Waals surface area contributed by atoms with Crippen LogP contribution in [-0.2, 0) is 0 Å². The minimum Gasteiger partial charge on any atom is -0.358 e. The molecule has 0 saturated carbocycles. The largest absolute Gasteiger partial charge is 0.358 e. The predicted molar refractivity (Wildman–Crippen MR) is 124 cm³/mol. The highest BCUT2D eigenvalue weighted by molar-refractivity contribution is 6.24. The molecule has 1 heteroatoms. The third kappa shape index (κ3) is 2.80. The highest BCUT2D eigenvalue weighted by Crippen LogP contribution is 2.40. The van der Waals surface area contributed by atoms with Crippen molar-refractivity contribution in [2.45, 2.75) is 27.7 Å². The van der Waals surface area contributed by atoms with E-state index in [9.17, 15) is 0 Å². The molecule has 27 heavy (non-hydrogen) atoms. The van der Waals surface area contributed by atoms with Gasteiger partial charge in [0.15, 0.2) is 0 Å². The number of rotatable bonds is 3. The topological polar surface area (TPSA) is 15.8 Å². The second kappa shape index (κ2) is 7.67. The first-order chi connectivity index (χ1) is 13.2. The molecule has 0 fully saturated rings. The van der Waals surface area contributed by atoms with E-state index in [0.717, 1.165) is 16.6 Å². The molecule has 0 unspecified atom stereocenters. The molecule has 136 valence electrons. The second-order valence-corrected chi connectivity index (χ2v) is 6.36. The number of H-pyrrole nitrogens is 1. The maximum absolute atomic E-state index is 4.09. The number of benzene rings is 3. The van der Waals surface area contributed by atoms with Crippen LogP contribution in [-0.4, -0.2) is 4.98 Å². The molecule has 0 bridgehead atoms. The second-order valence-electron chi connectivity index (χ2n) is 6.36. The Kier molecular flexibility index (Phi) is 5.32. The Balaban J connectivity index is 0.00000102. The molecule has 1 heterocycles. The summed E-state index contributed by atoms with van der Waals surface area (Å²) in [7, 11) is 0. The van der Waals surface area contributed by atoms with Crippen LogP contribution in [0.4, 0.5) is 0 Å². The van der Waals surface area contributed by atoms with E-state index in [1.807, 2.05) is 26.0 Å². The van der Waals surface area contributed by atoms with Crippen molar-refractivity contribution in [1.29, 1.82) is 0 Å². The minimum atomic E-state index is 1.12. The number of nitrogens with one attached hydrogen (secondary N) is 1. The van der Waals surface area contributed by atoms with Crippen LogP contribution in [0.5, 0.6) is 0 Å². The lowest BCUT2D eigenvalue weighted by Gasteiger charge is -2.13. The van der Waals surface area contributed by atoms with Crippen molar-refractivity contribution in [3.63, 3.8) is 0 Å². The zero-order chi connectivity index (χ0) is 19.6. The maximum Gasteiger partial charge on any atom is 0.0548 e. The van der Waals surface area contributed by atoms with Crippen LogP contribution in [0.3, 0.4) is 0 Å². The highest BCUT2D eigenvalue weighted by Gasteiger charge is 2.17. The van der Waals surface area contributed by atoms with Gasteiger partial charge in [0.05, 0.1) is 5.52 Å². The molecule has 0 saturated heterocycles. The summed E-state index contributed by atoms with van der Waals surface area (Å²) in [6, 6.07) is 13.0. The van der Waals surface area contributed by atoms with Gasteiger partial charge < -0.3 is 4.98 Å². The van der Waals surface area contributed by atoms with E-state index in [2.05, 4.69) is 80.5 Å². The van der Waals surface area contributed by atoms with Crippen LogP contribution >= 0.6 is 0 Å². The molecule has 1 aromatic heterocycles. The lowest BCUT2D eigenvalue weighted by atomic mass is 9.90. The van der Waals surface area contributed by atoms with E-state index >= 15 is 0 Å². The highest BCUT2D eigenvalue weighted by atomic mass is 14.7. The summed E-state index contributed by atoms with van der Waals surface area (Å²) in [6.45, 7) is 16.4. The Morgan fingerprint density at radius 1 is 0.815 bits per heavy atom. The van der Waals surface area contributed by atoms with Crippen molar-refractivity contribution in [3.8, 4) is 0 Å². The fraction of sp³-hybridized carbons (Fsp3) is 0.154. The van der Waals surface area contributed by atoms with Crippen LogP contribution in [0.25, 0.3) is 50.7 Å². The van der Waals surface area contributed by atoms with Crippen molar-refractivity contribution in [3.05, 3.63) is 78.0 Å². The Morgan fingerprint density at radius 3 is 2.19 bits per heavy atom. The molecule has 4 aromatic rings. The van der Waals surface area contributed by atoms with Crippen molar-refractivity contribution >= 4 is 50.7 Å². The first-order valence-corrected chi connectivity index (χ1v) is 9.58. The molecule has 1 N–H and O–H groups in total. The van der Waals surface area contributed by atoms with Crippen LogP contribution < -0.4 is 0 Å². The fourth-order valence-corrected chi connectivity index (χ4v) is 3.96. The normalized spacial score (nSPS) is 11.1. The molecule has 0 amide bonds. The molecule has 3 aromatic carbocycles. The van der Waals surface area contributed by atoms with E-state index in [1.165, 1.54) is 38.2 Å². The van der Waals surface area contributed by atoms with Crippen molar-refractivity contribution in [2.75, 3.05) is 0 Å². The molecule has 0 radical (unpaired) electrons. The standard InChI is InChI=1S/C24H21N.C2H6/c1-5-10-19-15(4)25-24-18(7-3)17(6-2)22-20-12-9-8-11-16(20)13-14-21(22)23(19)24;1-2/h5-14,25H,2-3H2,1,4H3;1-2H3/b10-5-;. The summed E-state index contributed by atoms with van der Waals surface area (Å²) in [6.07, 6.45) is 8.17. The maximum atomic E-state index is 4.09. The number of allylic oxidation sites excluding steroid dienone is 1. The van der Waals surface area contributed by atoms with Gasteiger partial charge in [-0.2, -0.15) is 0 Å². The van der Waals surface area contributed by atoms with Gasteiger partial charge >= 0.3 is 0 Å². The smallest absolute Gasteiger partial charge is 0.0548 e. The molecule has 0 aliphatic carbocycles. The summed E-state index contributed by atoms with van der Waals surface area (Å²) in [5.41, 5.74) is 5.82. The number of aromatic nitrogens is 1. The summed E-state index contributed by atoms with van der Waals surface area (Å²) in [5, 5.41) is 6.27. The van der Waals surface area contributed by atoms with Gasteiger partial charge in [-0.3, -0.25) is 0 Å². The van der Waals surface area contributed by atoms with Crippen molar-refractivity contribution in [2.24, 2.45) is 0 Å². The SMILES string of the molecule is C=Cc1c(C=C)c2c3ccccc3ccc2c2c(/C=C\C)c(C)[nH]c12.CC. The molecular formula is C26H27N. The average molecular weight is 354 g/mol. The Hall–Kier alpha value is -3.06. The third-order valence-electron chi connectivity index (χ3n) is 5.00. The summed E-state index contributed by atoms with van der Waals surface area (Å²) < 4.78 is 0. The van der Waals surface area contributed by atoms with Gasteiger partial charge in [-0.1, -0.05) is 87.7 Å². The summed E-state index contributed by atoms with van der Waals surface area (Å²) >= 11 is 0. The Morgan fingerprint density at radius 2 is 1.52 bits per heavy atom. The molecule has 0 aliphatic heterocycles. The van der Waals surface area contributed by atoms with Crippen LogP contribution in [0.15, 0.2) is 55.6 Å². The molecule has 4 rings (SSSR count). The van der Waals surface area contributed by atoms with Crippen LogP contribution in [0.2, 0.25) is 0 Å². The number of aromatic amines is 1. The van der Waals surface area contributed by atoms with Gasteiger partial charge in [0.25, 0.3) is 0 Å². The van der Waals surface area contributed by atoms with Crippen LogP contribution in [0, 0.1) is 6.92 Å². The first-order valence-electron chi connectivity index (χ1n) is 9.58. The minimum absolute atomic E-state index is 1.12. The average Bonchev–Trinajstić information content (AvgIpc) is 3.04. The molecule has 0 atom stereocenters. The van der Waals surface area contributed by atoms with Gasteiger partial charge in [-0.15, -0.1) is 0 Å². The zero-order valence-electron chi connectivity index (χ0n) is 16.7. The number of aryl methyl sites for hydroxylation is 1. The van der Waals surface area contributed by atoms with Gasteiger partial charge in [0.1, 0.15) is 0 Å². The molecular weight excluding hydrogens is 326 g/mol. The Labute approximate surface area is 161 Å². The number of hydrogen-bond donors (Lipinski definition) is 1. The molecule has 0 spiro atoms. The number of hydrogen-bond acceptors (Lipinski definition) is 0. The zero-order valence-corrected chi connectivity index (χ0v) is 16.7. The molecule has 0 aliphatic rings. The lowest BCUT2D eigenvalue weighted by Crippen LogP contribution is -1.90. The van der Waals surface area contributed by atoms with E-state index in [-0.39, 0.29) is 0 Å². The van der Waals surface area contributed by atoms with E-state index in [0.29, 0.717) is 0 Å². The molecule has 1 nitrogen and oxygen atoms in total. The van der Waals surface area contributed by atoms with Gasteiger partial charge in [0, 0.05) is 22.2 Å². The van der Waals surface area contributed by atoms with Crippen molar-refractivity contribution < 1.29 is 0 Å². The van der Waals surface area contributed by atoms with E-state index in [1.54, 1.807) is 0 Å². The summed E-state index contributed by atoms with van der Waals surface area (Å²) in [5.74, 6) is 0. The lowest BCUT2D eigenvalue weighted by molar-refractivity contribution is 1.29. The first kappa shape index (κ1) is 18.7. The quantitative estimate of drug-likeness (QED) is 0.358. The van der Waals surface area contributed by atoms with E-state index < -0.39 is 0 Å². The fourth-order valence-electron chi connectivity index (χ4n) is 3.96. The Bertz CT molecular complexity index is 1190.